The predicted octanol–water partition coefficient (Wildman–Crippen LogP) is 1.58. The Labute approximate surface area is 185 Å². The van der Waals surface area contributed by atoms with Crippen LogP contribution >= 0.6 is 0 Å². The molecule has 3 rings (SSSR count). The molecule has 1 aliphatic rings. The van der Waals surface area contributed by atoms with Gasteiger partial charge in [0, 0.05) is 25.6 Å². The molecule has 1 N–H and O–H groups in total. The van der Waals surface area contributed by atoms with Crippen molar-refractivity contribution in [3.8, 4) is 17.2 Å². The molecule has 0 radical (unpaired) electrons. The van der Waals surface area contributed by atoms with Crippen LogP contribution in [0.4, 0.5) is 0 Å². The fourth-order valence-corrected chi connectivity index (χ4v) is 3.12. The van der Waals surface area contributed by atoms with Crippen molar-refractivity contribution in [3.05, 3.63) is 47.8 Å². The van der Waals surface area contributed by atoms with E-state index in [0.717, 1.165) is 0 Å². The van der Waals surface area contributed by atoms with Crippen LogP contribution in [-0.2, 0) is 22.7 Å². The molecule has 0 aliphatic carbocycles. The molecule has 2 heterocycles. The van der Waals surface area contributed by atoms with Crippen LogP contribution in [0.15, 0.2) is 36.6 Å². The Morgan fingerprint density at radius 3 is 2.62 bits per heavy atom. The van der Waals surface area contributed by atoms with Crippen molar-refractivity contribution >= 4 is 17.9 Å². The summed E-state index contributed by atoms with van der Waals surface area (Å²) in [5.41, 5.74) is 1.18. The smallest absolute Gasteiger partial charge is 0.253 e. The number of rotatable bonds is 10. The summed E-state index contributed by atoms with van der Waals surface area (Å²) in [6, 6.07) is 3.45. The zero-order valence-electron chi connectivity index (χ0n) is 18.1. The molecule has 1 aliphatic heterocycles. The number of hydrogen-bond acceptors (Lipinski definition) is 8. The molecule has 0 spiro atoms. The highest BCUT2D eigenvalue weighted by Crippen LogP contribution is 2.39. The SMILES string of the molecule is COc1cc(/C=C/C(=O)N2CCC=CC2=O)cc(OC)c1OCCCn1cc(CO)nn1. The molecule has 0 saturated heterocycles. The number of nitrogens with zero attached hydrogens (tertiary/aromatic N) is 4. The van der Waals surface area contributed by atoms with Gasteiger partial charge in [-0.3, -0.25) is 19.2 Å². The Kier molecular flexibility index (Phi) is 7.98. The molecule has 2 amide bonds. The first-order chi connectivity index (χ1) is 15.5. The van der Waals surface area contributed by atoms with Gasteiger partial charge in [-0.15, -0.1) is 5.10 Å². The van der Waals surface area contributed by atoms with Gasteiger partial charge in [-0.25, -0.2) is 0 Å². The summed E-state index contributed by atoms with van der Waals surface area (Å²) >= 11 is 0. The van der Waals surface area contributed by atoms with E-state index in [0.29, 0.717) is 61.0 Å². The van der Waals surface area contributed by atoms with Gasteiger partial charge in [-0.05, 0) is 36.3 Å². The quantitative estimate of drug-likeness (QED) is 0.436. The molecule has 0 fully saturated rings. The Morgan fingerprint density at radius 1 is 1.25 bits per heavy atom. The fraction of sp³-hybridized carbons (Fsp3) is 0.364. The highest BCUT2D eigenvalue weighted by atomic mass is 16.5. The number of aliphatic hydroxyl groups is 1. The zero-order valence-corrected chi connectivity index (χ0v) is 18.1. The highest BCUT2D eigenvalue weighted by Gasteiger charge is 2.19. The lowest BCUT2D eigenvalue weighted by molar-refractivity contribution is -0.139. The third kappa shape index (κ3) is 5.73. The summed E-state index contributed by atoms with van der Waals surface area (Å²) in [6.07, 6.45) is 9.09. The molecule has 0 atom stereocenters. The standard InChI is InChI=1S/C22H26N4O6/c1-30-18-12-16(7-8-21(29)26-10-4-3-6-20(26)28)13-19(31-2)22(18)32-11-5-9-25-14-17(15-27)23-24-25/h3,6-8,12-14,27H,4-5,9-11,15H2,1-2H3/b8-7+. The van der Waals surface area contributed by atoms with Crippen molar-refractivity contribution in [3.63, 3.8) is 0 Å². The van der Waals surface area contributed by atoms with E-state index in [-0.39, 0.29) is 18.4 Å². The number of aromatic nitrogens is 3. The van der Waals surface area contributed by atoms with Crippen LogP contribution in [-0.4, -0.2) is 64.2 Å². The summed E-state index contributed by atoms with van der Waals surface area (Å²) in [7, 11) is 3.04. The van der Waals surface area contributed by atoms with Crippen molar-refractivity contribution < 1.29 is 28.9 Å². The van der Waals surface area contributed by atoms with E-state index in [2.05, 4.69) is 10.3 Å². The Morgan fingerprint density at radius 2 is 2.00 bits per heavy atom. The van der Waals surface area contributed by atoms with Gasteiger partial charge in [0.15, 0.2) is 11.5 Å². The molecule has 32 heavy (non-hydrogen) atoms. The third-order valence-corrected chi connectivity index (χ3v) is 4.74. The number of hydrogen-bond donors (Lipinski definition) is 1. The van der Waals surface area contributed by atoms with Crippen molar-refractivity contribution in [2.45, 2.75) is 26.0 Å². The number of aliphatic hydroxyl groups excluding tert-OH is 1. The summed E-state index contributed by atoms with van der Waals surface area (Å²) in [4.78, 5) is 25.4. The molecule has 1 aromatic heterocycles. The number of amides is 2. The van der Waals surface area contributed by atoms with Gasteiger partial charge in [-0.1, -0.05) is 11.3 Å². The van der Waals surface area contributed by atoms with E-state index in [1.807, 2.05) is 0 Å². The number of aryl methyl sites for hydroxylation is 1. The predicted molar refractivity (Wildman–Crippen MR) is 115 cm³/mol. The van der Waals surface area contributed by atoms with Crippen LogP contribution in [0.1, 0.15) is 24.1 Å². The molecule has 0 saturated carbocycles. The van der Waals surface area contributed by atoms with E-state index in [4.69, 9.17) is 19.3 Å². The van der Waals surface area contributed by atoms with Crippen LogP contribution in [0.3, 0.4) is 0 Å². The zero-order chi connectivity index (χ0) is 22.9. The van der Waals surface area contributed by atoms with E-state index < -0.39 is 0 Å². The van der Waals surface area contributed by atoms with Crippen LogP contribution in [0.5, 0.6) is 17.2 Å². The number of carbonyl (C=O) groups excluding carboxylic acids is 2. The topological polar surface area (TPSA) is 116 Å². The van der Waals surface area contributed by atoms with Gasteiger partial charge in [0.05, 0.1) is 33.6 Å². The molecule has 10 heteroatoms. The van der Waals surface area contributed by atoms with E-state index in [9.17, 15) is 9.59 Å². The largest absolute Gasteiger partial charge is 0.493 e. The Bertz CT molecular complexity index is 989. The fourth-order valence-electron chi connectivity index (χ4n) is 3.12. The number of benzene rings is 1. The second-order valence-electron chi connectivity index (χ2n) is 6.94. The number of imide groups is 1. The van der Waals surface area contributed by atoms with Gasteiger partial charge in [0.1, 0.15) is 5.69 Å². The van der Waals surface area contributed by atoms with Crippen LogP contribution in [0.25, 0.3) is 6.08 Å². The van der Waals surface area contributed by atoms with Crippen molar-refractivity contribution in [1.29, 1.82) is 0 Å². The summed E-state index contributed by atoms with van der Waals surface area (Å²) in [6.45, 7) is 1.17. The first-order valence-electron chi connectivity index (χ1n) is 10.1. The van der Waals surface area contributed by atoms with Crippen molar-refractivity contribution in [2.24, 2.45) is 0 Å². The number of methoxy groups -OCH3 is 2. The average Bonchev–Trinajstić information content (AvgIpc) is 3.28. The summed E-state index contributed by atoms with van der Waals surface area (Å²) in [5.74, 6) is 0.663. The first-order valence-corrected chi connectivity index (χ1v) is 10.1. The van der Waals surface area contributed by atoms with Gasteiger partial charge in [0.2, 0.25) is 5.75 Å². The maximum atomic E-state index is 12.3. The Balaban J connectivity index is 1.65. The lowest BCUT2D eigenvalue weighted by atomic mass is 10.1. The molecule has 1 aromatic carbocycles. The lowest BCUT2D eigenvalue weighted by Gasteiger charge is -2.19. The minimum Gasteiger partial charge on any atom is -0.493 e. The summed E-state index contributed by atoms with van der Waals surface area (Å²) in [5, 5.41) is 16.8. The van der Waals surface area contributed by atoms with Crippen LogP contribution < -0.4 is 14.2 Å². The second-order valence-corrected chi connectivity index (χ2v) is 6.94. The average molecular weight is 442 g/mol. The maximum absolute atomic E-state index is 12.3. The molecular formula is C22H26N4O6. The van der Waals surface area contributed by atoms with E-state index >= 15 is 0 Å². The van der Waals surface area contributed by atoms with Crippen molar-refractivity contribution in [1.82, 2.24) is 19.9 Å². The maximum Gasteiger partial charge on any atom is 0.253 e. The first kappa shape index (κ1) is 23.0. The van der Waals surface area contributed by atoms with Gasteiger partial charge < -0.3 is 19.3 Å². The molecular weight excluding hydrogens is 416 g/mol. The van der Waals surface area contributed by atoms with Gasteiger partial charge >= 0.3 is 0 Å². The molecule has 0 bridgehead atoms. The highest BCUT2D eigenvalue weighted by molar-refractivity contribution is 6.06. The number of carbonyl (C=O) groups is 2. The Hall–Kier alpha value is -3.66. The number of ether oxygens (including phenoxy) is 3. The van der Waals surface area contributed by atoms with E-state index in [1.165, 1.54) is 31.3 Å². The second kappa shape index (κ2) is 11.1. The molecule has 0 unspecified atom stereocenters. The molecule has 2 aromatic rings. The minimum absolute atomic E-state index is 0.150. The van der Waals surface area contributed by atoms with Crippen LogP contribution in [0.2, 0.25) is 0 Å². The summed E-state index contributed by atoms with van der Waals surface area (Å²) < 4.78 is 18.4. The monoisotopic (exact) mass is 442 g/mol. The van der Waals surface area contributed by atoms with Crippen LogP contribution in [0, 0.1) is 0 Å². The third-order valence-electron chi connectivity index (χ3n) is 4.74. The normalized spacial score (nSPS) is 13.6. The van der Waals surface area contributed by atoms with E-state index in [1.54, 1.807) is 35.2 Å². The molecule has 170 valence electrons. The minimum atomic E-state index is -0.380. The van der Waals surface area contributed by atoms with Crippen molar-refractivity contribution in [2.75, 3.05) is 27.4 Å². The lowest BCUT2D eigenvalue weighted by Crippen LogP contribution is -2.37. The van der Waals surface area contributed by atoms with Gasteiger partial charge in [-0.2, -0.15) is 0 Å². The molecule has 10 nitrogen and oxygen atoms in total. The van der Waals surface area contributed by atoms with Gasteiger partial charge in [0.25, 0.3) is 11.8 Å².